The summed E-state index contributed by atoms with van der Waals surface area (Å²) in [7, 11) is 0. The number of fused-ring (bicyclic) bond motifs is 1. The number of nitrogens with zero attached hydrogens (tertiary/aromatic N) is 4. The fourth-order valence-electron chi connectivity index (χ4n) is 3.91. The van der Waals surface area contributed by atoms with E-state index in [0.29, 0.717) is 24.2 Å². The van der Waals surface area contributed by atoms with Crippen LogP contribution in [-0.2, 0) is 22.6 Å². The Hall–Kier alpha value is -3.94. The van der Waals surface area contributed by atoms with Crippen molar-refractivity contribution in [3.8, 4) is 0 Å². The lowest BCUT2D eigenvalue weighted by atomic mass is 10.0. The molecular weight excluding hydrogens is 442 g/mol. The Bertz CT molecular complexity index is 1260. The number of benzene rings is 2. The first kappa shape index (κ1) is 24.2. The molecule has 0 saturated heterocycles. The Morgan fingerprint density at radius 2 is 1.80 bits per heavy atom. The van der Waals surface area contributed by atoms with Crippen LogP contribution in [0.3, 0.4) is 0 Å². The van der Waals surface area contributed by atoms with E-state index >= 15 is 0 Å². The molecule has 0 radical (unpaired) electrons. The van der Waals surface area contributed by atoms with Crippen molar-refractivity contribution in [1.82, 2.24) is 25.2 Å². The summed E-state index contributed by atoms with van der Waals surface area (Å²) in [5.74, 6) is -0.113. The zero-order valence-electron chi connectivity index (χ0n) is 20.3. The van der Waals surface area contributed by atoms with Gasteiger partial charge in [0.25, 0.3) is 5.91 Å². The van der Waals surface area contributed by atoms with Crippen LogP contribution >= 0.6 is 0 Å². The summed E-state index contributed by atoms with van der Waals surface area (Å²) in [6.07, 6.45) is 2.85. The van der Waals surface area contributed by atoms with E-state index < -0.39 is 11.6 Å². The van der Waals surface area contributed by atoms with Gasteiger partial charge in [-0.3, -0.25) is 9.59 Å². The molecule has 8 heteroatoms. The van der Waals surface area contributed by atoms with Crippen molar-refractivity contribution < 1.29 is 14.0 Å². The minimum absolute atomic E-state index is 0.0447. The van der Waals surface area contributed by atoms with Crippen LogP contribution in [0.5, 0.6) is 0 Å². The van der Waals surface area contributed by atoms with Gasteiger partial charge in [0.2, 0.25) is 5.91 Å². The fourth-order valence-corrected chi connectivity index (χ4v) is 3.91. The van der Waals surface area contributed by atoms with E-state index in [1.807, 2.05) is 75.4 Å². The third-order valence-corrected chi connectivity index (χ3v) is 6.23. The molecule has 0 aliphatic rings. The van der Waals surface area contributed by atoms with Crippen LogP contribution < -0.4 is 5.32 Å². The van der Waals surface area contributed by atoms with Crippen LogP contribution in [0.4, 0.5) is 0 Å². The van der Waals surface area contributed by atoms with Crippen molar-refractivity contribution in [2.45, 2.75) is 51.7 Å². The van der Waals surface area contributed by atoms with Crippen molar-refractivity contribution in [3.63, 3.8) is 0 Å². The van der Waals surface area contributed by atoms with Crippen LogP contribution in [0.15, 0.2) is 77.4 Å². The smallest absolute Gasteiger partial charge is 0.251 e. The first-order valence-corrected chi connectivity index (χ1v) is 11.8. The van der Waals surface area contributed by atoms with E-state index in [-0.39, 0.29) is 18.4 Å². The number of amides is 2. The molecule has 35 heavy (non-hydrogen) atoms. The summed E-state index contributed by atoms with van der Waals surface area (Å²) < 4.78 is 7.23. The molecule has 0 aliphatic heterocycles. The van der Waals surface area contributed by atoms with Gasteiger partial charge in [0.1, 0.15) is 17.8 Å². The quantitative estimate of drug-likeness (QED) is 0.374. The predicted molar refractivity (Wildman–Crippen MR) is 133 cm³/mol. The molecule has 182 valence electrons. The van der Waals surface area contributed by atoms with Crippen molar-refractivity contribution >= 4 is 22.8 Å². The van der Waals surface area contributed by atoms with Gasteiger partial charge in [0, 0.05) is 12.1 Å². The zero-order valence-corrected chi connectivity index (χ0v) is 20.3. The van der Waals surface area contributed by atoms with Crippen LogP contribution in [0, 0.1) is 0 Å². The number of carbonyl (C=O) groups is 2. The molecule has 1 N–H and O–H groups in total. The van der Waals surface area contributed by atoms with Gasteiger partial charge in [-0.15, -0.1) is 5.10 Å². The van der Waals surface area contributed by atoms with E-state index in [1.54, 1.807) is 21.7 Å². The number of hydrogen-bond acceptors (Lipinski definition) is 5. The second-order valence-electron chi connectivity index (χ2n) is 9.20. The van der Waals surface area contributed by atoms with E-state index in [2.05, 4.69) is 15.6 Å². The second kappa shape index (κ2) is 10.5. The summed E-state index contributed by atoms with van der Waals surface area (Å²) >= 11 is 0. The number of aromatic nitrogens is 3. The molecule has 0 bridgehead atoms. The number of rotatable bonds is 10. The van der Waals surface area contributed by atoms with Crippen molar-refractivity contribution in [2.24, 2.45) is 0 Å². The van der Waals surface area contributed by atoms with Gasteiger partial charge in [-0.05, 0) is 56.5 Å². The topological polar surface area (TPSA) is 93.3 Å². The van der Waals surface area contributed by atoms with Gasteiger partial charge in [-0.25, -0.2) is 4.68 Å². The van der Waals surface area contributed by atoms with Gasteiger partial charge in [-0.1, -0.05) is 54.6 Å². The van der Waals surface area contributed by atoms with Crippen molar-refractivity contribution in [1.29, 1.82) is 0 Å². The maximum absolute atomic E-state index is 13.8. The molecule has 0 unspecified atom stereocenters. The molecule has 1 atom stereocenters. The number of furan rings is 1. The van der Waals surface area contributed by atoms with Gasteiger partial charge in [0.15, 0.2) is 6.04 Å². The van der Waals surface area contributed by atoms with Gasteiger partial charge >= 0.3 is 0 Å². The van der Waals surface area contributed by atoms with Gasteiger partial charge in [0.05, 0.1) is 11.8 Å². The standard InChI is InChI=1S/C27H31N5O3/c1-4-27(2,3)28-26(34)25(23-15-10-18-35-23)31(17-16-20-11-6-5-7-12-20)24(33)19-32-22-14-9-8-13-21(22)29-30-32/h5-15,18,25H,4,16-17,19H2,1-3H3,(H,28,34)/t25-/m0/s1. The van der Waals surface area contributed by atoms with E-state index in [9.17, 15) is 9.59 Å². The Kier molecular flexibility index (Phi) is 7.29. The van der Waals surface area contributed by atoms with Crippen LogP contribution in [0.2, 0.25) is 0 Å². The van der Waals surface area contributed by atoms with Crippen molar-refractivity contribution in [2.75, 3.05) is 6.54 Å². The van der Waals surface area contributed by atoms with Crippen LogP contribution in [-0.4, -0.2) is 43.8 Å². The van der Waals surface area contributed by atoms with Crippen molar-refractivity contribution in [3.05, 3.63) is 84.3 Å². The molecule has 2 heterocycles. The summed E-state index contributed by atoms with van der Waals surface area (Å²) in [5, 5.41) is 11.4. The third-order valence-electron chi connectivity index (χ3n) is 6.23. The summed E-state index contributed by atoms with van der Waals surface area (Å²) in [5.41, 5.74) is 2.11. The molecule has 2 aromatic carbocycles. The molecule has 2 aromatic heterocycles. The Labute approximate surface area is 204 Å². The Balaban J connectivity index is 1.67. The third kappa shape index (κ3) is 5.77. The molecule has 0 saturated carbocycles. The zero-order chi connectivity index (χ0) is 24.8. The molecule has 0 aliphatic carbocycles. The number of carbonyl (C=O) groups excluding carboxylic acids is 2. The summed E-state index contributed by atoms with van der Waals surface area (Å²) in [6, 6.07) is 19.9. The highest BCUT2D eigenvalue weighted by Crippen LogP contribution is 2.25. The minimum atomic E-state index is -0.915. The van der Waals surface area contributed by atoms with E-state index in [4.69, 9.17) is 4.42 Å². The highest BCUT2D eigenvalue weighted by Gasteiger charge is 2.35. The largest absolute Gasteiger partial charge is 0.467 e. The molecule has 0 fully saturated rings. The predicted octanol–water partition coefficient (Wildman–Crippen LogP) is 4.14. The SMILES string of the molecule is CCC(C)(C)NC(=O)[C@H](c1ccco1)N(CCc1ccccc1)C(=O)Cn1nnc2ccccc21. The molecule has 2 amide bonds. The Morgan fingerprint density at radius 3 is 2.51 bits per heavy atom. The maximum Gasteiger partial charge on any atom is 0.251 e. The molecule has 0 spiro atoms. The Morgan fingerprint density at radius 1 is 1.06 bits per heavy atom. The molecule has 4 rings (SSSR count). The van der Waals surface area contributed by atoms with Gasteiger partial charge in [-0.2, -0.15) is 0 Å². The average molecular weight is 474 g/mol. The number of hydrogen-bond donors (Lipinski definition) is 1. The highest BCUT2D eigenvalue weighted by atomic mass is 16.3. The maximum atomic E-state index is 13.8. The molecular formula is C27H31N5O3. The normalized spacial score (nSPS) is 12.4. The molecule has 8 nitrogen and oxygen atoms in total. The fraction of sp³-hybridized carbons (Fsp3) is 0.333. The lowest BCUT2D eigenvalue weighted by Crippen LogP contribution is -2.51. The first-order chi connectivity index (χ1) is 16.9. The number of nitrogens with one attached hydrogen (secondary N) is 1. The summed E-state index contributed by atoms with van der Waals surface area (Å²) in [6.45, 7) is 6.22. The lowest BCUT2D eigenvalue weighted by Gasteiger charge is -2.33. The van der Waals surface area contributed by atoms with Gasteiger partial charge < -0.3 is 14.6 Å². The average Bonchev–Trinajstić information content (AvgIpc) is 3.52. The minimum Gasteiger partial charge on any atom is -0.467 e. The van der Waals surface area contributed by atoms with E-state index in [1.165, 1.54) is 6.26 Å². The number of para-hydroxylation sites is 1. The first-order valence-electron chi connectivity index (χ1n) is 11.8. The molecule has 4 aromatic rings. The van der Waals surface area contributed by atoms with Crippen LogP contribution in [0.1, 0.15) is 44.6 Å². The summed E-state index contributed by atoms with van der Waals surface area (Å²) in [4.78, 5) is 28.9. The highest BCUT2D eigenvalue weighted by molar-refractivity contribution is 5.89. The second-order valence-corrected chi connectivity index (χ2v) is 9.20. The van der Waals surface area contributed by atoms with Crippen LogP contribution in [0.25, 0.3) is 11.0 Å². The lowest BCUT2D eigenvalue weighted by molar-refractivity contribution is -0.142. The monoisotopic (exact) mass is 473 g/mol. The van der Waals surface area contributed by atoms with E-state index in [0.717, 1.165) is 17.5 Å².